The minimum atomic E-state index is 0.769. The van der Waals surface area contributed by atoms with Crippen molar-refractivity contribution in [3.8, 4) is 11.5 Å². The van der Waals surface area contributed by atoms with E-state index in [2.05, 4.69) is 57.2 Å². The maximum Gasteiger partial charge on any atom is 0.126 e. The van der Waals surface area contributed by atoms with E-state index in [-0.39, 0.29) is 0 Å². The molecule has 0 saturated heterocycles. The Morgan fingerprint density at radius 3 is 1.14 bits per heavy atom. The largest absolute Gasteiger partial charge is 0.493 e. The van der Waals surface area contributed by atoms with Gasteiger partial charge in [0.15, 0.2) is 0 Å². The molecule has 0 heterocycles. The molecule has 2 aromatic carbocycles. The Hall–Kier alpha value is -2.13. The Morgan fingerprint density at radius 2 is 0.786 bits per heavy atom. The van der Waals surface area contributed by atoms with E-state index < -0.39 is 0 Å². The highest BCUT2D eigenvalue weighted by molar-refractivity contribution is 7.81. The lowest BCUT2D eigenvalue weighted by Gasteiger charge is -2.18. The van der Waals surface area contributed by atoms with Gasteiger partial charge in [0.1, 0.15) is 11.5 Å². The highest BCUT2D eigenvalue weighted by atomic mass is 32.1. The first-order chi connectivity index (χ1) is 27.7. The van der Waals surface area contributed by atoms with Gasteiger partial charge in [-0.05, 0) is 55.0 Å². The van der Waals surface area contributed by atoms with E-state index in [1.54, 1.807) is 0 Å². The van der Waals surface area contributed by atoms with E-state index in [1.807, 2.05) is 18.2 Å². The summed E-state index contributed by atoms with van der Waals surface area (Å²) < 4.78 is 13.2. The molecule has 0 aliphatic heterocycles. The lowest BCUT2D eigenvalue weighted by atomic mass is 10.0. The summed E-state index contributed by atoms with van der Waals surface area (Å²) in [6.45, 7) is 8.41. The molecule has 2 aromatic rings. The first-order valence-electron chi connectivity index (χ1n) is 24.4. The predicted molar refractivity (Wildman–Crippen MR) is 253 cm³/mol. The van der Waals surface area contributed by atoms with Crippen LogP contribution in [0.25, 0.3) is 6.08 Å². The number of hydrogen-bond acceptors (Lipinski definition) is 3. The Labute approximate surface area is 353 Å². The molecule has 2 rings (SSSR count). The third-order valence-electron chi connectivity index (χ3n) is 11.5. The summed E-state index contributed by atoms with van der Waals surface area (Å²) in [5.41, 5.74) is 3.42. The van der Waals surface area contributed by atoms with E-state index in [0.717, 1.165) is 72.8 Å². The monoisotopic (exact) mass is 789 g/mol. The summed E-state index contributed by atoms with van der Waals surface area (Å²) in [7, 11) is 0. The quantitative estimate of drug-likeness (QED) is 0.0290. The van der Waals surface area contributed by atoms with Gasteiger partial charge in [-0.3, -0.25) is 0 Å². The Kier molecular flexibility index (Phi) is 33.2. The molecule has 0 spiro atoms. The molecule has 0 unspecified atom stereocenters. The van der Waals surface area contributed by atoms with Gasteiger partial charge >= 0.3 is 0 Å². The van der Waals surface area contributed by atoms with Crippen molar-refractivity contribution < 1.29 is 9.47 Å². The van der Waals surface area contributed by atoms with Crippen LogP contribution in [0.1, 0.15) is 243 Å². The molecule has 318 valence electrons. The fourth-order valence-electron chi connectivity index (χ4n) is 7.78. The van der Waals surface area contributed by atoms with Crippen molar-refractivity contribution in [2.75, 3.05) is 13.2 Å². The van der Waals surface area contributed by atoms with Gasteiger partial charge in [0.05, 0.1) is 13.2 Å². The fourth-order valence-corrected chi connectivity index (χ4v) is 7.98. The molecule has 0 saturated carbocycles. The first-order valence-corrected chi connectivity index (χ1v) is 24.8. The number of thiocarbonyl (C=S) groups is 1. The SMILES string of the molecule is CCCCCCCCCCCCCCCCCOc1cc(C=CC(=S)c2ccccc2)cc(OCCCCCCCCCCCCCCCCC)c1CCCC. The summed E-state index contributed by atoms with van der Waals surface area (Å²) in [4.78, 5) is 0.848. The van der Waals surface area contributed by atoms with Gasteiger partial charge in [0.2, 0.25) is 0 Å². The zero-order chi connectivity index (χ0) is 40.0. The van der Waals surface area contributed by atoms with Gasteiger partial charge < -0.3 is 9.47 Å². The average molecular weight is 789 g/mol. The smallest absolute Gasteiger partial charge is 0.126 e. The Balaban J connectivity index is 1.80. The summed E-state index contributed by atoms with van der Waals surface area (Å²) in [6.07, 6.45) is 48.8. The second-order valence-corrected chi connectivity index (χ2v) is 17.2. The topological polar surface area (TPSA) is 18.5 Å². The Morgan fingerprint density at radius 1 is 0.446 bits per heavy atom. The number of benzene rings is 2. The molecule has 0 atom stereocenters. The van der Waals surface area contributed by atoms with Gasteiger partial charge in [-0.25, -0.2) is 0 Å². The van der Waals surface area contributed by atoms with E-state index in [1.165, 1.54) is 185 Å². The van der Waals surface area contributed by atoms with Crippen molar-refractivity contribution in [1.29, 1.82) is 0 Å². The summed E-state index contributed by atoms with van der Waals surface area (Å²) in [5.74, 6) is 2.01. The molecule has 0 amide bonds. The van der Waals surface area contributed by atoms with Crippen LogP contribution in [0.3, 0.4) is 0 Å². The number of hydrogen-bond donors (Lipinski definition) is 0. The highest BCUT2D eigenvalue weighted by Gasteiger charge is 2.14. The molecule has 3 heteroatoms. The molecule has 0 aliphatic rings. The van der Waals surface area contributed by atoms with Crippen molar-refractivity contribution >= 4 is 23.2 Å². The number of ether oxygens (including phenoxy) is 2. The fraction of sp³-hybridized carbons (Fsp3) is 0.717. The molecule has 0 radical (unpaired) electrons. The lowest BCUT2D eigenvalue weighted by Crippen LogP contribution is -2.06. The highest BCUT2D eigenvalue weighted by Crippen LogP contribution is 2.34. The molecular formula is C53H88O2S. The average Bonchev–Trinajstić information content (AvgIpc) is 3.22. The van der Waals surface area contributed by atoms with Crippen LogP contribution in [0, 0.1) is 0 Å². The second-order valence-electron chi connectivity index (χ2n) is 16.8. The molecule has 0 fully saturated rings. The van der Waals surface area contributed by atoms with E-state index in [0.29, 0.717) is 0 Å². The second kappa shape index (κ2) is 37.2. The van der Waals surface area contributed by atoms with E-state index in [9.17, 15) is 0 Å². The van der Waals surface area contributed by atoms with Gasteiger partial charge in [-0.1, -0.05) is 256 Å². The molecule has 56 heavy (non-hydrogen) atoms. The summed E-state index contributed by atoms with van der Waals surface area (Å²) >= 11 is 5.77. The van der Waals surface area contributed by atoms with Gasteiger partial charge in [-0.2, -0.15) is 0 Å². The van der Waals surface area contributed by atoms with Crippen LogP contribution in [-0.4, -0.2) is 18.1 Å². The number of allylic oxidation sites excluding steroid dienone is 1. The molecule has 2 nitrogen and oxygen atoms in total. The van der Waals surface area contributed by atoms with Crippen LogP contribution >= 0.6 is 12.2 Å². The standard InChI is InChI=1S/C53H88O2S/c1-4-7-10-12-14-16-18-20-22-24-26-28-30-32-37-44-54-51-46-48(42-43-53(56)49-39-35-34-36-40-49)47-52(50(51)41-9-6-3)55-45-38-33-31-29-27-25-23-21-19-17-15-13-11-8-5-2/h34-36,39-40,42-43,46-47H,4-33,37-38,41,44-45H2,1-3H3. The van der Waals surface area contributed by atoms with Gasteiger partial charge in [0.25, 0.3) is 0 Å². The molecular weight excluding hydrogens is 701 g/mol. The maximum atomic E-state index is 6.61. The Bertz CT molecular complexity index is 1150. The van der Waals surface area contributed by atoms with Crippen molar-refractivity contribution in [1.82, 2.24) is 0 Å². The van der Waals surface area contributed by atoms with E-state index in [4.69, 9.17) is 21.7 Å². The molecule has 0 aliphatic carbocycles. The zero-order valence-electron chi connectivity index (χ0n) is 37.2. The van der Waals surface area contributed by atoms with E-state index >= 15 is 0 Å². The van der Waals surface area contributed by atoms with Crippen LogP contribution < -0.4 is 9.47 Å². The minimum absolute atomic E-state index is 0.769. The predicted octanol–water partition coefficient (Wildman–Crippen LogP) is 18.0. The maximum absolute atomic E-state index is 6.61. The number of unbranched alkanes of at least 4 members (excludes halogenated alkanes) is 29. The van der Waals surface area contributed by atoms with Crippen molar-refractivity contribution in [2.45, 2.75) is 233 Å². The van der Waals surface area contributed by atoms with Crippen LogP contribution in [0.15, 0.2) is 48.5 Å². The molecule has 0 N–H and O–H groups in total. The van der Waals surface area contributed by atoms with Crippen LogP contribution in [-0.2, 0) is 6.42 Å². The third-order valence-corrected chi connectivity index (χ3v) is 11.8. The van der Waals surface area contributed by atoms with Crippen molar-refractivity contribution in [2.24, 2.45) is 0 Å². The lowest BCUT2D eigenvalue weighted by molar-refractivity contribution is 0.283. The summed E-state index contributed by atoms with van der Waals surface area (Å²) in [5, 5.41) is 0. The molecule has 0 aromatic heterocycles. The van der Waals surface area contributed by atoms with Gasteiger partial charge in [-0.15, -0.1) is 0 Å². The van der Waals surface area contributed by atoms with Crippen molar-refractivity contribution in [3.63, 3.8) is 0 Å². The normalized spacial score (nSPS) is 11.5. The van der Waals surface area contributed by atoms with Crippen molar-refractivity contribution in [3.05, 3.63) is 65.2 Å². The van der Waals surface area contributed by atoms with Crippen LogP contribution in [0.2, 0.25) is 0 Å². The van der Waals surface area contributed by atoms with Gasteiger partial charge in [0, 0.05) is 10.4 Å². The van der Waals surface area contributed by atoms with Crippen LogP contribution in [0.4, 0.5) is 0 Å². The third kappa shape index (κ3) is 26.7. The van der Waals surface area contributed by atoms with Crippen LogP contribution in [0.5, 0.6) is 11.5 Å². The molecule has 0 bridgehead atoms. The number of rotatable bonds is 40. The minimum Gasteiger partial charge on any atom is -0.493 e. The first kappa shape index (κ1) is 50.0. The summed E-state index contributed by atoms with van der Waals surface area (Å²) in [6, 6.07) is 14.7. The zero-order valence-corrected chi connectivity index (χ0v) is 38.0.